The number of carbonyl (C=O) groups is 4. The van der Waals surface area contributed by atoms with E-state index >= 15 is 0 Å². The quantitative estimate of drug-likeness (QED) is 0.232. The van der Waals surface area contributed by atoms with Crippen LogP contribution in [0, 0.1) is 6.92 Å². The monoisotopic (exact) mass is 646 g/mol. The van der Waals surface area contributed by atoms with Crippen molar-refractivity contribution in [2.24, 2.45) is 0 Å². The molecular formula is C31H34O15. The van der Waals surface area contributed by atoms with Gasteiger partial charge < -0.3 is 53.6 Å². The molecule has 15 nitrogen and oxygen atoms in total. The summed E-state index contributed by atoms with van der Waals surface area (Å²) in [6.07, 6.45) is -6.47. The predicted octanol–water partition coefficient (Wildman–Crippen LogP) is 0.124. The van der Waals surface area contributed by atoms with E-state index in [9.17, 15) is 39.6 Å². The van der Waals surface area contributed by atoms with E-state index in [0.717, 1.165) is 33.5 Å². The summed E-state index contributed by atoms with van der Waals surface area (Å²) >= 11 is 0. The Hall–Kier alpha value is -3.96. The Morgan fingerprint density at radius 1 is 0.978 bits per heavy atom. The number of methoxy groups -OCH3 is 5. The molecule has 1 saturated heterocycles. The van der Waals surface area contributed by atoms with Gasteiger partial charge in [-0.15, -0.1) is 0 Å². The maximum absolute atomic E-state index is 14.1. The number of benzene rings is 2. The van der Waals surface area contributed by atoms with Crippen LogP contribution in [0.5, 0.6) is 11.5 Å². The number of aromatic hydroxyl groups is 1. The fourth-order valence-corrected chi connectivity index (χ4v) is 6.75. The van der Waals surface area contributed by atoms with E-state index < -0.39 is 94.0 Å². The van der Waals surface area contributed by atoms with Gasteiger partial charge in [0, 0.05) is 38.4 Å². The van der Waals surface area contributed by atoms with Crippen LogP contribution in [-0.4, -0.2) is 127 Å². The highest BCUT2D eigenvalue weighted by molar-refractivity contribution is 6.35. The molecule has 46 heavy (non-hydrogen) atoms. The number of ether oxygens (including phenoxy) is 7. The number of hydrogen-bond donors (Lipinski definition) is 4. The molecule has 1 heterocycles. The summed E-state index contributed by atoms with van der Waals surface area (Å²) in [5.74, 6) is -6.26. The molecule has 5 rings (SSSR count). The molecule has 0 radical (unpaired) electrons. The first kappa shape index (κ1) is 33.4. The number of fused-ring (bicyclic) bond motifs is 3. The number of esters is 1. The van der Waals surface area contributed by atoms with Gasteiger partial charge in [-0.2, -0.15) is 0 Å². The maximum Gasteiger partial charge on any atom is 0.341 e. The number of aliphatic hydroxyl groups excluding tert-OH is 2. The summed E-state index contributed by atoms with van der Waals surface area (Å²) in [7, 11) is 5.88. The van der Waals surface area contributed by atoms with Crippen molar-refractivity contribution < 1.29 is 72.8 Å². The fraction of sp³-hybridized carbons (Fsp3) is 0.484. The molecule has 4 N–H and O–H groups in total. The van der Waals surface area contributed by atoms with Gasteiger partial charge in [0.15, 0.2) is 6.10 Å². The topological polar surface area (TPSA) is 214 Å². The third-order valence-corrected chi connectivity index (χ3v) is 9.04. The Morgan fingerprint density at radius 3 is 2.20 bits per heavy atom. The van der Waals surface area contributed by atoms with Crippen LogP contribution in [0.2, 0.25) is 0 Å². The van der Waals surface area contributed by atoms with Crippen molar-refractivity contribution in [3.05, 3.63) is 46.2 Å². The van der Waals surface area contributed by atoms with E-state index in [1.54, 1.807) is 6.92 Å². The summed E-state index contributed by atoms with van der Waals surface area (Å²) in [4.78, 5) is 54.5. The van der Waals surface area contributed by atoms with Crippen LogP contribution in [0.1, 0.15) is 43.6 Å². The minimum Gasteiger partial charge on any atom is -0.507 e. The van der Waals surface area contributed by atoms with Gasteiger partial charge in [-0.3, -0.25) is 14.4 Å². The summed E-state index contributed by atoms with van der Waals surface area (Å²) in [5.41, 5.74) is -7.60. The number of aryl methyl sites for hydroxylation is 1. The largest absolute Gasteiger partial charge is 0.507 e. The standard InChI is InChI=1S/C31H34O15/c1-11-18-13(9-15(19(11)28(38)43-6)46-29-22(34)24(42-5)23(41-4)12(2)45-29)8-14-20(21(18)33)27(37)31(44-7)17(32)10-16(40-3)26(36)30(31,39)25(14)35/h8-10,12,22-24,26,29,33-34,36,39H,1-7H3. The highest BCUT2D eigenvalue weighted by atomic mass is 16.7. The smallest absolute Gasteiger partial charge is 0.341 e. The minimum absolute atomic E-state index is 0.0279. The lowest BCUT2D eigenvalue weighted by Crippen LogP contribution is -2.77. The first-order valence-corrected chi connectivity index (χ1v) is 14.0. The van der Waals surface area contributed by atoms with E-state index in [2.05, 4.69) is 0 Å². The van der Waals surface area contributed by atoms with Gasteiger partial charge in [0.25, 0.3) is 0 Å². The molecule has 0 aromatic heterocycles. The number of ketones is 3. The summed E-state index contributed by atoms with van der Waals surface area (Å²) in [6.45, 7) is 3.08. The van der Waals surface area contributed by atoms with Crippen LogP contribution < -0.4 is 4.74 Å². The number of aliphatic hydroxyl groups is 3. The first-order valence-electron chi connectivity index (χ1n) is 14.0. The molecule has 2 aromatic rings. The molecule has 2 aliphatic carbocycles. The van der Waals surface area contributed by atoms with Gasteiger partial charge >= 0.3 is 5.97 Å². The molecule has 1 fully saturated rings. The van der Waals surface area contributed by atoms with Crippen LogP contribution in [0.3, 0.4) is 0 Å². The Bertz CT molecular complexity index is 1680. The van der Waals surface area contributed by atoms with Crippen molar-refractivity contribution in [3.8, 4) is 11.5 Å². The molecule has 8 atom stereocenters. The van der Waals surface area contributed by atoms with Gasteiger partial charge in [0.2, 0.25) is 34.8 Å². The van der Waals surface area contributed by atoms with Crippen molar-refractivity contribution in [3.63, 3.8) is 0 Å². The molecule has 0 spiro atoms. The van der Waals surface area contributed by atoms with E-state index in [4.69, 9.17) is 33.2 Å². The zero-order chi connectivity index (χ0) is 34.0. The number of Topliss-reactive ketones (excluding diaryl/α,β-unsaturated/α-hetero) is 2. The lowest BCUT2D eigenvalue weighted by Gasteiger charge is -2.49. The Balaban J connectivity index is 1.75. The average molecular weight is 647 g/mol. The van der Waals surface area contributed by atoms with Crippen molar-refractivity contribution in [1.29, 1.82) is 0 Å². The first-order chi connectivity index (χ1) is 21.7. The summed E-state index contributed by atoms with van der Waals surface area (Å²) < 4.78 is 37.9. The Labute approximate surface area is 262 Å². The van der Waals surface area contributed by atoms with Crippen LogP contribution in [0.15, 0.2) is 24.0 Å². The van der Waals surface area contributed by atoms with Gasteiger partial charge in [0.1, 0.15) is 41.1 Å². The summed E-state index contributed by atoms with van der Waals surface area (Å²) in [5, 5.41) is 45.3. The number of hydrogen-bond acceptors (Lipinski definition) is 15. The van der Waals surface area contributed by atoms with Crippen LogP contribution in [0.4, 0.5) is 0 Å². The number of phenols is 1. The summed E-state index contributed by atoms with van der Waals surface area (Å²) in [6, 6.07) is 2.37. The molecule has 0 amide bonds. The zero-order valence-electron chi connectivity index (χ0n) is 26.0. The predicted molar refractivity (Wildman–Crippen MR) is 154 cm³/mol. The molecule has 2 aromatic carbocycles. The van der Waals surface area contributed by atoms with Crippen molar-refractivity contribution in [2.45, 2.75) is 61.9 Å². The van der Waals surface area contributed by atoms with Crippen molar-refractivity contribution >= 4 is 34.1 Å². The molecule has 248 valence electrons. The highest BCUT2D eigenvalue weighted by Crippen LogP contribution is 2.50. The highest BCUT2D eigenvalue weighted by Gasteiger charge is 2.74. The molecule has 0 bridgehead atoms. The van der Waals surface area contributed by atoms with Crippen LogP contribution >= 0.6 is 0 Å². The minimum atomic E-state index is -3.19. The molecule has 0 saturated carbocycles. The molecule has 8 unspecified atom stereocenters. The third-order valence-electron chi connectivity index (χ3n) is 9.04. The number of phenolic OH excluding ortho intramolecular Hbond substituents is 1. The normalized spacial score (nSPS) is 32.5. The van der Waals surface area contributed by atoms with Crippen LogP contribution in [0.25, 0.3) is 10.8 Å². The Kier molecular flexibility index (Phi) is 8.49. The van der Waals surface area contributed by atoms with Crippen molar-refractivity contribution in [2.75, 3.05) is 35.5 Å². The van der Waals surface area contributed by atoms with E-state index in [1.165, 1.54) is 27.2 Å². The van der Waals surface area contributed by atoms with E-state index in [0.29, 0.717) is 0 Å². The van der Waals surface area contributed by atoms with Gasteiger partial charge in [-0.05, 0) is 36.9 Å². The Morgan fingerprint density at radius 2 is 1.63 bits per heavy atom. The van der Waals surface area contributed by atoms with Gasteiger partial charge in [-0.1, -0.05) is 0 Å². The third kappa shape index (κ3) is 4.24. The SMILES string of the molecule is COC(=O)c1c(OC2OC(C)C(OC)C(OC)C2O)cc2cc3c(c(O)c2c1C)C(=O)C1(OC)C(=O)C=C(OC)C(O)C1(O)C3=O. The van der Waals surface area contributed by atoms with E-state index in [1.807, 2.05) is 0 Å². The molecule has 3 aliphatic rings. The molecule has 15 heteroatoms. The second-order valence-corrected chi connectivity index (χ2v) is 11.2. The number of carbonyl (C=O) groups excluding carboxylic acids is 4. The molecular weight excluding hydrogens is 612 g/mol. The zero-order valence-corrected chi connectivity index (χ0v) is 26.0. The van der Waals surface area contributed by atoms with Gasteiger partial charge in [0.05, 0.1) is 25.9 Å². The van der Waals surface area contributed by atoms with E-state index in [-0.39, 0.29) is 27.6 Å². The number of rotatable bonds is 7. The second-order valence-electron chi connectivity index (χ2n) is 11.2. The average Bonchev–Trinajstić information content (AvgIpc) is 3.02. The van der Waals surface area contributed by atoms with Crippen molar-refractivity contribution in [1.82, 2.24) is 0 Å². The van der Waals surface area contributed by atoms with Crippen LogP contribution in [-0.2, 0) is 33.2 Å². The molecule has 1 aliphatic heterocycles. The second kappa shape index (κ2) is 11.7. The lowest BCUT2D eigenvalue weighted by molar-refractivity contribution is -0.277. The van der Waals surface area contributed by atoms with Gasteiger partial charge in [-0.25, -0.2) is 4.79 Å². The lowest BCUT2D eigenvalue weighted by atomic mass is 9.60. The maximum atomic E-state index is 14.1. The fourth-order valence-electron chi connectivity index (χ4n) is 6.75.